The van der Waals surface area contributed by atoms with Gasteiger partial charge in [-0.05, 0) is 60.3 Å². The van der Waals surface area contributed by atoms with Crippen molar-refractivity contribution in [1.82, 2.24) is 10.2 Å². The summed E-state index contributed by atoms with van der Waals surface area (Å²) in [6.07, 6.45) is -0.393. The zero-order chi connectivity index (χ0) is 26.6. The van der Waals surface area contributed by atoms with Crippen LogP contribution in [0.15, 0.2) is 34.8 Å². The van der Waals surface area contributed by atoms with E-state index in [4.69, 9.17) is 21.1 Å². The average Bonchev–Trinajstić information content (AvgIpc) is 2.79. The molecule has 0 spiro atoms. The number of rotatable bonds is 7. The highest BCUT2D eigenvalue weighted by Crippen LogP contribution is 2.42. The number of para-hydroxylation sites is 1. The van der Waals surface area contributed by atoms with Crippen LogP contribution in [0.25, 0.3) is 0 Å². The van der Waals surface area contributed by atoms with Gasteiger partial charge in [-0.3, -0.25) is 0 Å². The smallest absolute Gasteiger partial charge is 0.410 e. The number of amides is 1. The van der Waals surface area contributed by atoms with Gasteiger partial charge in [-0.1, -0.05) is 43.6 Å². The highest BCUT2D eigenvalue weighted by Gasteiger charge is 2.29. The molecule has 0 bridgehead atoms. The summed E-state index contributed by atoms with van der Waals surface area (Å²) in [5, 5.41) is 16.8. The molecule has 1 fully saturated rings. The fourth-order valence-corrected chi connectivity index (χ4v) is 4.53. The second kappa shape index (κ2) is 11.7. The maximum Gasteiger partial charge on any atom is 0.410 e. The lowest BCUT2D eigenvalue weighted by molar-refractivity contribution is 0.0178. The van der Waals surface area contributed by atoms with E-state index in [0.717, 1.165) is 11.3 Å². The molecular weight excluding hydrogens is 550 g/mol. The zero-order valence-corrected chi connectivity index (χ0v) is 23.5. The summed E-state index contributed by atoms with van der Waals surface area (Å²) in [4.78, 5) is 26.5. The lowest BCUT2D eigenvalue weighted by Gasteiger charge is -2.34. The Bertz CT molecular complexity index is 1120. The number of aromatic carboxylic acids is 1. The van der Waals surface area contributed by atoms with E-state index in [1.165, 1.54) is 0 Å². The number of hydrogen-bond acceptors (Lipinski definition) is 6. The lowest BCUT2D eigenvalue weighted by atomic mass is 10.0. The lowest BCUT2D eigenvalue weighted by Crippen LogP contribution is -2.55. The van der Waals surface area contributed by atoms with E-state index in [9.17, 15) is 14.7 Å². The number of benzene rings is 2. The summed E-state index contributed by atoms with van der Waals surface area (Å²) in [6, 6.07) is 9.15. The van der Waals surface area contributed by atoms with Crippen molar-refractivity contribution in [2.24, 2.45) is 0 Å². The van der Waals surface area contributed by atoms with Crippen LogP contribution in [0.3, 0.4) is 0 Å². The van der Waals surface area contributed by atoms with Gasteiger partial charge in [0.25, 0.3) is 0 Å². The number of carbonyl (C=O) groups excluding carboxylic acids is 1. The number of ether oxygens (including phenoxy) is 2. The number of carbonyl (C=O) groups is 2. The first-order valence-electron chi connectivity index (χ1n) is 11.8. The Kier molecular flexibility index (Phi) is 9.13. The topological polar surface area (TPSA) is 100 Å². The van der Waals surface area contributed by atoms with Crippen LogP contribution in [-0.2, 0) is 4.74 Å². The van der Waals surface area contributed by atoms with Gasteiger partial charge in [-0.2, -0.15) is 0 Å². The molecule has 36 heavy (non-hydrogen) atoms. The van der Waals surface area contributed by atoms with Crippen molar-refractivity contribution in [3.63, 3.8) is 0 Å². The number of halogens is 2. The van der Waals surface area contributed by atoms with E-state index in [0.29, 0.717) is 29.8 Å². The van der Waals surface area contributed by atoms with Crippen LogP contribution >= 0.6 is 27.5 Å². The first-order valence-corrected chi connectivity index (χ1v) is 13.0. The number of nitrogens with zero attached hydrogens (tertiary/aromatic N) is 1. The molecule has 2 aromatic rings. The summed E-state index contributed by atoms with van der Waals surface area (Å²) >= 11 is 9.93. The van der Waals surface area contributed by atoms with E-state index >= 15 is 0 Å². The average molecular weight is 583 g/mol. The Balaban J connectivity index is 1.84. The number of carboxylic acid groups (broad SMARTS) is 1. The van der Waals surface area contributed by atoms with Crippen LogP contribution in [0.1, 0.15) is 56.5 Å². The van der Waals surface area contributed by atoms with Gasteiger partial charge in [0, 0.05) is 29.8 Å². The van der Waals surface area contributed by atoms with Crippen molar-refractivity contribution in [3.8, 4) is 5.75 Å². The van der Waals surface area contributed by atoms with Crippen molar-refractivity contribution < 1.29 is 24.2 Å². The van der Waals surface area contributed by atoms with Gasteiger partial charge < -0.3 is 30.1 Å². The maximum absolute atomic E-state index is 12.5. The molecule has 3 N–H and O–H groups in total. The SMILES string of the molecule is CC(C)c1ccccc1Nc1cc(Br)c(Cl)c(OCC2CN(C(=O)OC(C)(C)C)CCN2)c1C(=O)O. The molecular formula is C26H33BrClN3O5. The summed E-state index contributed by atoms with van der Waals surface area (Å²) in [7, 11) is 0. The second-order valence-corrected chi connectivity index (χ2v) is 11.2. The Labute approximate surface area is 225 Å². The summed E-state index contributed by atoms with van der Waals surface area (Å²) < 4.78 is 12.0. The number of carboxylic acids is 1. The molecule has 10 heteroatoms. The van der Waals surface area contributed by atoms with Gasteiger partial charge in [-0.25, -0.2) is 9.59 Å². The molecule has 1 heterocycles. The summed E-state index contributed by atoms with van der Waals surface area (Å²) in [6.45, 7) is 11.1. The highest BCUT2D eigenvalue weighted by atomic mass is 79.9. The predicted molar refractivity (Wildman–Crippen MR) is 145 cm³/mol. The van der Waals surface area contributed by atoms with Gasteiger partial charge in [0.2, 0.25) is 0 Å². The van der Waals surface area contributed by atoms with Gasteiger partial charge >= 0.3 is 12.1 Å². The molecule has 196 valence electrons. The Morgan fingerprint density at radius 2 is 1.97 bits per heavy atom. The third kappa shape index (κ3) is 7.05. The van der Waals surface area contributed by atoms with Gasteiger partial charge in [0.1, 0.15) is 17.8 Å². The van der Waals surface area contributed by atoms with E-state index in [2.05, 4.69) is 40.4 Å². The summed E-state index contributed by atoms with van der Waals surface area (Å²) in [5.41, 5.74) is 1.55. The minimum atomic E-state index is -1.17. The maximum atomic E-state index is 12.5. The molecule has 3 rings (SSSR count). The predicted octanol–water partition coefficient (Wildman–Crippen LogP) is 6.26. The van der Waals surface area contributed by atoms with E-state index in [1.54, 1.807) is 11.0 Å². The van der Waals surface area contributed by atoms with Crippen LogP contribution in [0.4, 0.5) is 16.2 Å². The molecule has 0 aromatic heterocycles. The first-order chi connectivity index (χ1) is 16.9. The first kappa shape index (κ1) is 28.1. The van der Waals surface area contributed by atoms with Crippen LogP contribution < -0.4 is 15.4 Å². The number of anilines is 2. The van der Waals surface area contributed by atoms with E-state index in [1.807, 2.05) is 45.0 Å². The molecule has 1 unspecified atom stereocenters. The standard InChI is InChI=1S/C26H33BrClN3O5/c1-15(2)17-8-6-7-9-19(17)30-20-12-18(27)22(28)23(21(20)24(32)33)35-14-16-13-31(11-10-29-16)25(34)36-26(3,4)5/h6-9,12,15-16,29-30H,10-11,13-14H2,1-5H3,(H,32,33). The van der Waals surface area contributed by atoms with Crippen LogP contribution in [0, 0.1) is 0 Å². The summed E-state index contributed by atoms with van der Waals surface area (Å²) in [5.74, 6) is -0.881. The molecule has 0 saturated carbocycles. The molecule has 2 aromatic carbocycles. The second-order valence-electron chi connectivity index (χ2n) is 9.98. The van der Waals surface area contributed by atoms with Crippen molar-refractivity contribution in [1.29, 1.82) is 0 Å². The molecule has 1 amide bonds. The van der Waals surface area contributed by atoms with Gasteiger partial charge in [-0.15, -0.1) is 0 Å². The largest absolute Gasteiger partial charge is 0.489 e. The molecule has 0 aliphatic carbocycles. The molecule has 1 atom stereocenters. The monoisotopic (exact) mass is 581 g/mol. The van der Waals surface area contributed by atoms with Gasteiger partial charge in [0.15, 0.2) is 5.75 Å². The van der Waals surface area contributed by atoms with Gasteiger partial charge in [0.05, 0.1) is 16.8 Å². The van der Waals surface area contributed by atoms with Crippen molar-refractivity contribution in [2.75, 3.05) is 31.6 Å². The number of nitrogens with one attached hydrogen (secondary N) is 2. The number of piperazine rings is 1. The van der Waals surface area contributed by atoms with Crippen LogP contribution in [0.5, 0.6) is 5.75 Å². The highest BCUT2D eigenvalue weighted by molar-refractivity contribution is 9.10. The molecule has 1 aliphatic rings. The van der Waals surface area contributed by atoms with E-state index in [-0.39, 0.29) is 34.9 Å². The quantitative estimate of drug-likeness (QED) is 0.355. The molecule has 0 radical (unpaired) electrons. The normalized spacial score (nSPS) is 16.1. The number of hydrogen-bond donors (Lipinski definition) is 3. The van der Waals surface area contributed by atoms with Crippen LogP contribution in [-0.4, -0.2) is 60.0 Å². The fourth-order valence-electron chi connectivity index (χ4n) is 3.92. The molecule has 1 saturated heterocycles. The zero-order valence-electron chi connectivity index (χ0n) is 21.2. The molecule has 8 nitrogen and oxygen atoms in total. The third-order valence-electron chi connectivity index (χ3n) is 5.58. The third-order valence-corrected chi connectivity index (χ3v) is 6.81. The fraction of sp³-hybridized carbons (Fsp3) is 0.462. The Morgan fingerprint density at radius 1 is 1.28 bits per heavy atom. The molecule has 1 aliphatic heterocycles. The van der Waals surface area contributed by atoms with Crippen molar-refractivity contribution in [3.05, 3.63) is 51.0 Å². The van der Waals surface area contributed by atoms with Crippen LogP contribution in [0.2, 0.25) is 5.02 Å². The minimum absolute atomic E-state index is 0.0549. The Morgan fingerprint density at radius 3 is 2.61 bits per heavy atom. The Hall–Kier alpha value is -2.49. The van der Waals surface area contributed by atoms with E-state index < -0.39 is 17.7 Å². The van der Waals surface area contributed by atoms with Crippen molar-refractivity contribution in [2.45, 2.75) is 52.2 Å². The minimum Gasteiger partial charge on any atom is -0.489 e. The van der Waals surface area contributed by atoms with Crippen molar-refractivity contribution >= 4 is 51.0 Å².